The maximum atomic E-state index is 13.7. The van der Waals surface area contributed by atoms with Gasteiger partial charge in [0.05, 0.1) is 6.54 Å². The van der Waals surface area contributed by atoms with E-state index >= 15 is 0 Å². The fourth-order valence-corrected chi connectivity index (χ4v) is 2.92. The fourth-order valence-electron chi connectivity index (χ4n) is 2.92. The van der Waals surface area contributed by atoms with Gasteiger partial charge in [0.2, 0.25) is 5.91 Å². The largest absolute Gasteiger partial charge is 0.357 e. The van der Waals surface area contributed by atoms with Crippen LogP contribution in [0.3, 0.4) is 0 Å². The third-order valence-corrected chi connectivity index (χ3v) is 4.33. The standard InChI is InChI=1S/C19H28F2N4O.HI/c1-2-22-19(24-14-15-13-16(20)8-9-17(15)21)23-10-6-12-25-11-5-3-4-7-18(25)26;/h8-9,13H,2-7,10-12,14H2,1H3,(H2,22,23,24);1H. The van der Waals surface area contributed by atoms with Gasteiger partial charge in [-0.05, 0) is 44.4 Å². The number of likely N-dealkylation sites (tertiary alicyclic amines) is 1. The van der Waals surface area contributed by atoms with Crippen LogP contribution in [0.1, 0.15) is 44.6 Å². The number of hydrogen-bond acceptors (Lipinski definition) is 2. The van der Waals surface area contributed by atoms with Gasteiger partial charge < -0.3 is 15.5 Å². The number of carbonyl (C=O) groups is 1. The molecule has 0 aromatic heterocycles. The Labute approximate surface area is 177 Å². The van der Waals surface area contributed by atoms with Crippen LogP contribution in [0, 0.1) is 11.6 Å². The van der Waals surface area contributed by atoms with Crippen molar-refractivity contribution >= 4 is 35.8 Å². The minimum absolute atomic E-state index is 0. The summed E-state index contributed by atoms with van der Waals surface area (Å²) in [5.74, 6) is -0.148. The number of nitrogens with one attached hydrogen (secondary N) is 2. The Hall–Kier alpha value is -1.45. The van der Waals surface area contributed by atoms with Crippen molar-refractivity contribution in [3.8, 4) is 0 Å². The molecule has 152 valence electrons. The van der Waals surface area contributed by atoms with Crippen molar-refractivity contribution in [2.45, 2.75) is 45.6 Å². The lowest BCUT2D eigenvalue weighted by Crippen LogP contribution is -2.39. The molecule has 0 spiro atoms. The van der Waals surface area contributed by atoms with Gasteiger partial charge in [0, 0.05) is 38.2 Å². The highest BCUT2D eigenvalue weighted by atomic mass is 127. The maximum Gasteiger partial charge on any atom is 0.222 e. The van der Waals surface area contributed by atoms with E-state index < -0.39 is 11.6 Å². The Kier molecular flexibility index (Phi) is 11.2. The quantitative estimate of drug-likeness (QED) is 0.265. The van der Waals surface area contributed by atoms with E-state index in [-0.39, 0.29) is 42.0 Å². The first-order valence-electron chi connectivity index (χ1n) is 9.34. The fraction of sp³-hybridized carbons (Fsp3) is 0.579. The molecule has 1 aromatic carbocycles. The molecule has 1 heterocycles. The molecule has 1 fully saturated rings. The van der Waals surface area contributed by atoms with Gasteiger partial charge in [-0.15, -0.1) is 24.0 Å². The highest BCUT2D eigenvalue weighted by Crippen LogP contribution is 2.12. The van der Waals surface area contributed by atoms with Crippen LogP contribution < -0.4 is 10.6 Å². The van der Waals surface area contributed by atoms with Gasteiger partial charge in [-0.2, -0.15) is 0 Å². The first kappa shape index (κ1) is 23.6. The lowest BCUT2D eigenvalue weighted by molar-refractivity contribution is -0.130. The molecule has 0 aliphatic carbocycles. The van der Waals surface area contributed by atoms with Crippen molar-refractivity contribution in [2.75, 3.05) is 26.2 Å². The summed E-state index contributed by atoms with van der Waals surface area (Å²) in [5, 5.41) is 6.27. The summed E-state index contributed by atoms with van der Waals surface area (Å²) in [6, 6.07) is 3.36. The van der Waals surface area contributed by atoms with E-state index in [1.54, 1.807) is 0 Å². The average molecular weight is 494 g/mol. The highest BCUT2D eigenvalue weighted by molar-refractivity contribution is 14.0. The van der Waals surface area contributed by atoms with Crippen LogP contribution in [0.4, 0.5) is 8.78 Å². The van der Waals surface area contributed by atoms with Gasteiger partial charge in [-0.1, -0.05) is 6.42 Å². The van der Waals surface area contributed by atoms with Crippen LogP contribution in [0.2, 0.25) is 0 Å². The zero-order valence-electron chi connectivity index (χ0n) is 15.8. The van der Waals surface area contributed by atoms with Gasteiger partial charge >= 0.3 is 0 Å². The molecule has 1 aliphatic rings. The van der Waals surface area contributed by atoms with Gasteiger partial charge in [-0.3, -0.25) is 4.79 Å². The second-order valence-corrected chi connectivity index (χ2v) is 6.40. The molecule has 0 saturated carbocycles. The van der Waals surface area contributed by atoms with E-state index in [0.29, 0.717) is 25.5 Å². The van der Waals surface area contributed by atoms with Crippen LogP contribution in [0.5, 0.6) is 0 Å². The monoisotopic (exact) mass is 494 g/mol. The molecule has 0 bridgehead atoms. The summed E-state index contributed by atoms with van der Waals surface area (Å²) in [7, 11) is 0. The second kappa shape index (κ2) is 12.9. The number of carbonyl (C=O) groups excluding carboxylic acids is 1. The molecule has 1 saturated heterocycles. The molecular formula is C19H29F2IN4O. The number of halogens is 3. The maximum absolute atomic E-state index is 13.7. The van der Waals surface area contributed by atoms with Crippen molar-refractivity contribution in [1.29, 1.82) is 0 Å². The van der Waals surface area contributed by atoms with E-state index in [9.17, 15) is 13.6 Å². The smallest absolute Gasteiger partial charge is 0.222 e. The van der Waals surface area contributed by atoms with Crippen molar-refractivity contribution in [1.82, 2.24) is 15.5 Å². The van der Waals surface area contributed by atoms with Gasteiger partial charge in [-0.25, -0.2) is 13.8 Å². The molecule has 1 aliphatic heterocycles. The van der Waals surface area contributed by atoms with Crippen LogP contribution in [-0.4, -0.2) is 42.9 Å². The number of hydrogen-bond donors (Lipinski definition) is 2. The van der Waals surface area contributed by atoms with Crippen LogP contribution in [0.15, 0.2) is 23.2 Å². The minimum Gasteiger partial charge on any atom is -0.357 e. The Morgan fingerprint density at radius 3 is 2.81 bits per heavy atom. The summed E-state index contributed by atoms with van der Waals surface area (Å²) < 4.78 is 26.9. The summed E-state index contributed by atoms with van der Waals surface area (Å²) in [6.45, 7) is 4.89. The van der Waals surface area contributed by atoms with Crippen LogP contribution >= 0.6 is 24.0 Å². The van der Waals surface area contributed by atoms with Crippen molar-refractivity contribution in [3.05, 3.63) is 35.4 Å². The number of nitrogens with zero attached hydrogens (tertiary/aromatic N) is 2. The molecule has 27 heavy (non-hydrogen) atoms. The summed E-state index contributed by atoms with van der Waals surface area (Å²) in [4.78, 5) is 18.2. The van der Waals surface area contributed by atoms with E-state index in [1.807, 2.05) is 11.8 Å². The Morgan fingerprint density at radius 2 is 2.04 bits per heavy atom. The molecule has 2 rings (SSSR count). The third-order valence-electron chi connectivity index (χ3n) is 4.33. The zero-order chi connectivity index (χ0) is 18.8. The summed E-state index contributed by atoms with van der Waals surface area (Å²) >= 11 is 0. The average Bonchev–Trinajstić information content (AvgIpc) is 2.83. The second-order valence-electron chi connectivity index (χ2n) is 6.40. The van der Waals surface area contributed by atoms with Crippen LogP contribution in [0.25, 0.3) is 0 Å². The van der Waals surface area contributed by atoms with Crippen molar-refractivity contribution in [2.24, 2.45) is 4.99 Å². The predicted molar refractivity (Wildman–Crippen MR) is 114 cm³/mol. The number of guanidine groups is 1. The normalized spacial score (nSPS) is 15.1. The first-order chi connectivity index (χ1) is 12.6. The number of amides is 1. The first-order valence-corrected chi connectivity index (χ1v) is 9.34. The lowest BCUT2D eigenvalue weighted by Gasteiger charge is -2.20. The van der Waals surface area contributed by atoms with E-state index in [1.165, 1.54) is 0 Å². The molecule has 2 N–H and O–H groups in total. The summed E-state index contributed by atoms with van der Waals surface area (Å²) in [5.41, 5.74) is 0.220. The number of benzene rings is 1. The van der Waals surface area contributed by atoms with E-state index in [2.05, 4.69) is 15.6 Å². The predicted octanol–water partition coefficient (Wildman–Crippen LogP) is 3.43. The van der Waals surface area contributed by atoms with Crippen LogP contribution in [-0.2, 0) is 11.3 Å². The lowest BCUT2D eigenvalue weighted by atomic mass is 10.2. The zero-order valence-corrected chi connectivity index (χ0v) is 18.1. The molecule has 1 amide bonds. The molecule has 0 unspecified atom stereocenters. The van der Waals surface area contributed by atoms with E-state index in [4.69, 9.17) is 0 Å². The Balaban J connectivity index is 0.00000364. The Morgan fingerprint density at radius 1 is 1.22 bits per heavy atom. The molecule has 8 heteroatoms. The minimum atomic E-state index is -0.475. The molecular weight excluding hydrogens is 465 g/mol. The third kappa shape index (κ3) is 8.40. The molecule has 5 nitrogen and oxygen atoms in total. The van der Waals surface area contributed by atoms with Crippen molar-refractivity contribution in [3.63, 3.8) is 0 Å². The van der Waals surface area contributed by atoms with Gasteiger partial charge in [0.1, 0.15) is 11.6 Å². The Bertz CT molecular complexity index is 628. The number of aliphatic imine (C=N–C) groups is 1. The topological polar surface area (TPSA) is 56.7 Å². The molecule has 1 aromatic rings. The number of rotatable bonds is 7. The SMILES string of the molecule is CCNC(=NCc1cc(F)ccc1F)NCCCN1CCCCCC1=O.I. The molecule has 0 radical (unpaired) electrons. The van der Waals surface area contributed by atoms with Crippen molar-refractivity contribution < 1.29 is 13.6 Å². The highest BCUT2D eigenvalue weighted by Gasteiger charge is 2.15. The van der Waals surface area contributed by atoms with E-state index in [0.717, 1.165) is 57.0 Å². The van der Waals surface area contributed by atoms with Gasteiger partial charge in [0.15, 0.2) is 5.96 Å². The summed E-state index contributed by atoms with van der Waals surface area (Å²) in [6.07, 6.45) is 4.64. The molecule has 0 atom stereocenters. The van der Waals surface area contributed by atoms with Gasteiger partial charge in [0.25, 0.3) is 0 Å².